The lowest BCUT2D eigenvalue weighted by Gasteiger charge is -2.25. The minimum absolute atomic E-state index is 0.349. The van der Waals surface area contributed by atoms with Crippen molar-refractivity contribution in [2.24, 2.45) is 0 Å². The fourth-order valence-electron chi connectivity index (χ4n) is 3.92. The van der Waals surface area contributed by atoms with Gasteiger partial charge < -0.3 is 10.0 Å². The zero-order chi connectivity index (χ0) is 24.2. The van der Waals surface area contributed by atoms with Gasteiger partial charge in [-0.15, -0.1) is 0 Å². The highest BCUT2D eigenvalue weighted by Crippen LogP contribution is 2.36. The van der Waals surface area contributed by atoms with Gasteiger partial charge in [-0.3, -0.25) is 0 Å². The van der Waals surface area contributed by atoms with Crippen molar-refractivity contribution in [3.63, 3.8) is 0 Å². The van der Waals surface area contributed by atoms with Crippen molar-refractivity contribution in [1.82, 2.24) is 8.75 Å². The van der Waals surface area contributed by atoms with Gasteiger partial charge in [0.25, 0.3) is 0 Å². The zero-order valence-corrected chi connectivity index (χ0v) is 19.2. The van der Waals surface area contributed by atoms with E-state index >= 15 is 0 Å². The van der Waals surface area contributed by atoms with E-state index in [1.54, 1.807) is 12.1 Å². The van der Waals surface area contributed by atoms with Crippen LogP contribution in [0.4, 0.5) is 17.1 Å². The lowest BCUT2D eigenvalue weighted by molar-refractivity contribution is -0.132. The molecule has 7 heteroatoms. The number of para-hydroxylation sites is 2. The van der Waals surface area contributed by atoms with Gasteiger partial charge in [-0.2, -0.15) is 14.0 Å². The van der Waals surface area contributed by atoms with Crippen molar-refractivity contribution in [3.05, 3.63) is 108 Å². The van der Waals surface area contributed by atoms with Crippen LogP contribution in [-0.4, -0.2) is 19.8 Å². The molecule has 168 valence electrons. The molecule has 5 rings (SSSR count). The summed E-state index contributed by atoms with van der Waals surface area (Å²) in [6.07, 6.45) is 1.33. The summed E-state index contributed by atoms with van der Waals surface area (Å²) in [7, 11) is 0. The molecule has 0 bridgehead atoms. The summed E-state index contributed by atoms with van der Waals surface area (Å²) in [6, 6.07) is 33.9. The third-order valence-electron chi connectivity index (χ3n) is 5.56. The van der Waals surface area contributed by atoms with Crippen LogP contribution in [0.2, 0.25) is 0 Å². The largest absolute Gasteiger partial charge is 0.477 e. The number of benzene rings is 4. The quantitative estimate of drug-likeness (QED) is 0.214. The number of anilines is 3. The average molecular weight is 475 g/mol. The van der Waals surface area contributed by atoms with Crippen molar-refractivity contribution >= 4 is 51.9 Å². The summed E-state index contributed by atoms with van der Waals surface area (Å²) in [4.78, 5) is 13.4. The molecular formula is C28H18N4O2S. The van der Waals surface area contributed by atoms with Crippen molar-refractivity contribution in [1.29, 1.82) is 5.26 Å². The molecule has 0 aliphatic heterocycles. The van der Waals surface area contributed by atoms with Gasteiger partial charge in [-0.25, -0.2) is 4.79 Å². The fourth-order valence-corrected chi connectivity index (χ4v) is 4.50. The molecule has 0 spiro atoms. The van der Waals surface area contributed by atoms with E-state index in [0.717, 1.165) is 39.9 Å². The number of rotatable bonds is 6. The Balaban J connectivity index is 1.55. The highest BCUT2D eigenvalue weighted by atomic mass is 32.1. The molecule has 4 aromatic carbocycles. The molecule has 1 N–H and O–H groups in total. The molecule has 0 saturated carbocycles. The van der Waals surface area contributed by atoms with E-state index in [4.69, 9.17) is 5.26 Å². The molecule has 0 amide bonds. The summed E-state index contributed by atoms with van der Waals surface area (Å²) in [5, 5.41) is 18.3. The maximum Gasteiger partial charge on any atom is 0.346 e. The van der Waals surface area contributed by atoms with Crippen LogP contribution < -0.4 is 4.90 Å². The predicted molar refractivity (Wildman–Crippen MR) is 139 cm³/mol. The van der Waals surface area contributed by atoms with E-state index in [-0.39, 0.29) is 5.57 Å². The summed E-state index contributed by atoms with van der Waals surface area (Å²) in [5.74, 6) is -1.27. The molecule has 0 saturated heterocycles. The number of fused-ring (bicyclic) bond motifs is 1. The first kappa shape index (κ1) is 22.0. The standard InChI is InChI=1S/C28H18N4O2S/c29-18-21(28(33)34)17-20-13-16-25(27-26(20)30-35-31-27)19-11-14-24(15-12-19)32(22-7-3-1-4-8-22)23-9-5-2-6-10-23/h1-17H,(H,33,34)/b21-17+. The highest BCUT2D eigenvalue weighted by molar-refractivity contribution is 7.00. The van der Waals surface area contributed by atoms with Crippen LogP contribution in [0.5, 0.6) is 0 Å². The minimum Gasteiger partial charge on any atom is -0.477 e. The SMILES string of the molecule is N#C/C(=C\c1ccc(-c2ccc(N(c3ccccc3)c3ccccc3)cc2)c2nsnc12)C(=O)O. The van der Waals surface area contributed by atoms with E-state index in [0.29, 0.717) is 16.6 Å². The molecule has 35 heavy (non-hydrogen) atoms. The van der Waals surface area contributed by atoms with Crippen molar-refractivity contribution in [3.8, 4) is 17.2 Å². The van der Waals surface area contributed by atoms with Gasteiger partial charge in [0, 0.05) is 28.2 Å². The van der Waals surface area contributed by atoms with Crippen LogP contribution in [0.3, 0.4) is 0 Å². The number of aromatic nitrogens is 2. The van der Waals surface area contributed by atoms with E-state index in [2.05, 4.69) is 50.0 Å². The van der Waals surface area contributed by atoms with E-state index in [1.807, 2.05) is 54.6 Å². The molecule has 6 nitrogen and oxygen atoms in total. The first-order chi connectivity index (χ1) is 17.2. The number of carboxylic acids is 1. The van der Waals surface area contributed by atoms with Crippen molar-refractivity contribution in [2.75, 3.05) is 4.90 Å². The molecule has 0 aliphatic rings. The Labute approximate surface area is 206 Å². The van der Waals surface area contributed by atoms with Gasteiger partial charge in [-0.05, 0) is 48.0 Å². The second kappa shape index (κ2) is 9.59. The Morgan fingerprint density at radius 2 is 1.37 bits per heavy atom. The lowest BCUT2D eigenvalue weighted by atomic mass is 10.00. The number of aliphatic carboxylic acids is 1. The fraction of sp³-hybridized carbons (Fsp3) is 0. The average Bonchev–Trinajstić information content (AvgIpc) is 3.39. The molecule has 0 aliphatic carbocycles. The van der Waals surface area contributed by atoms with Gasteiger partial charge in [0.05, 0.1) is 11.7 Å². The van der Waals surface area contributed by atoms with E-state index < -0.39 is 5.97 Å². The topological polar surface area (TPSA) is 90.1 Å². The number of nitriles is 1. The molecular weight excluding hydrogens is 456 g/mol. The van der Waals surface area contributed by atoms with Gasteiger partial charge >= 0.3 is 5.97 Å². The van der Waals surface area contributed by atoms with Crippen LogP contribution >= 0.6 is 11.7 Å². The summed E-state index contributed by atoms with van der Waals surface area (Å²) in [6.45, 7) is 0. The summed E-state index contributed by atoms with van der Waals surface area (Å²) < 4.78 is 8.80. The number of carboxylic acid groups (broad SMARTS) is 1. The first-order valence-electron chi connectivity index (χ1n) is 10.8. The Hall–Kier alpha value is -4.80. The molecule has 0 atom stereocenters. The summed E-state index contributed by atoms with van der Waals surface area (Å²) >= 11 is 1.05. The van der Waals surface area contributed by atoms with Crippen LogP contribution in [0.15, 0.2) is 103 Å². The van der Waals surface area contributed by atoms with E-state index in [9.17, 15) is 9.90 Å². The second-order valence-electron chi connectivity index (χ2n) is 7.69. The maximum atomic E-state index is 11.3. The van der Waals surface area contributed by atoms with Gasteiger partial charge in [0.15, 0.2) is 0 Å². The number of carbonyl (C=O) groups is 1. The van der Waals surface area contributed by atoms with Gasteiger partial charge in [0.1, 0.15) is 22.7 Å². The van der Waals surface area contributed by atoms with Crippen LogP contribution in [0, 0.1) is 11.3 Å². The third-order valence-corrected chi connectivity index (χ3v) is 6.09. The van der Waals surface area contributed by atoms with Crippen LogP contribution in [-0.2, 0) is 4.79 Å². The maximum absolute atomic E-state index is 11.3. The smallest absolute Gasteiger partial charge is 0.346 e. The van der Waals surface area contributed by atoms with Crippen molar-refractivity contribution in [2.45, 2.75) is 0 Å². The normalized spacial score (nSPS) is 11.2. The molecule has 0 fully saturated rings. The highest BCUT2D eigenvalue weighted by Gasteiger charge is 2.15. The van der Waals surface area contributed by atoms with E-state index in [1.165, 1.54) is 6.08 Å². The third kappa shape index (κ3) is 4.38. The molecule has 1 aromatic heterocycles. The Kier molecular flexibility index (Phi) is 6.03. The van der Waals surface area contributed by atoms with Gasteiger partial charge in [-0.1, -0.05) is 60.7 Å². The Morgan fingerprint density at radius 1 is 0.800 bits per heavy atom. The minimum atomic E-state index is -1.27. The predicted octanol–water partition coefficient (Wildman–Crippen LogP) is 6.82. The second-order valence-corrected chi connectivity index (χ2v) is 8.22. The molecule has 0 radical (unpaired) electrons. The number of nitrogens with zero attached hydrogens (tertiary/aromatic N) is 4. The van der Waals surface area contributed by atoms with Crippen LogP contribution in [0.1, 0.15) is 5.56 Å². The number of hydrogen-bond donors (Lipinski definition) is 1. The van der Waals surface area contributed by atoms with Crippen LogP contribution in [0.25, 0.3) is 28.2 Å². The Bertz CT molecular complexity index is 1530. The summed E-state index contributed by atoms with van der Waals surface area (Å²) in [5.41, 5.74) is 6.41. The lowest BCUT2D eigenvalue weighted by Crippen LogP contribution is -2.09. The Morgan fingerprint density at radius 3 is 1.94 bits per heavy atom. The monoisotopic (exact) mass is 474 g/mol. The molecule has 1 heterocycles. The van der Waals surface area contributed by atoms with Gasteiger partial charge in [0.2, 0.25) is 0 Å². The number of hydrogen-bond acceptors (Lipinski definition) is 6. The zero-order valence-electron chi connectivity index (χ0n) is 18.4. The van der Waals surface area contributed by atoms with Crippen molar-refractivity contribution < 1.29 is 9.90 Å². The molecule has 0 unspecified atom stereocenters. The first-order valence-corrected chi connectivity index (χ1v) is 11.5. The molecule has 5 aromatic rings.